The minimum Gasteiger partial charge on any atom is -0.369 e. The third-order valence-corrected chi connectivity index (χ3v) is 6.46. The first-order valence-corrected chi connectivity index (χ1v) is 9.65. The third-order valence-electron chi connectivity index (χ3n) is 4.63. The molecule has 1 aliphatic rings. The van der Waals surface area contributed by atoms with Gasteiger partial charge in [-0.15, -0.1) is 11.8 Å². The van der Waals surface area contributed by atoms with Gasteiger partial charge in [-0.05, 0) is 45.0 Å². The predicted molar refractivity (Wildman–Crippen MR) is 104 cm³/mol. The fourth-order valence-electron chi connectivity index (χ4n) is 3.13. The average molecular weight is 375 g/mol. The van der Waals surface area contributed by atoms with Gasteiger partial charge in [-0.1, -0.05) is 26.1 Å². The summed E-state index contributed by atoms with van der Waals surface area (Å²) >= 11 is 7.03. The van der Waals surface area contributed by atoms with Crippen molar-refractivity contribution in [2.75, 3.05) is 19.8 Å². The number of aldehydes is 1. The summed E-state index contributed by atoms with van der Waals surface area (Å²) in [4.78, 5) is 25.7. The maximum atomic E-state index is 11.7. The highest BCUT2D eigenvalue weighted by Gasteiger charge is 2.47. The molecule has 0 aliphatic carbocycles. The van der Waals surface area contributed by atoms with Crippen LogP contribution in [0, 0.1) is 5.41 Å². The predicted octanol–water partition coefficient (Wildman–Crippen LogP) is 0.744. The monoisotopic (exact) mass is 374 g/mol. The zero-order valence-corrected chi connectivity index (χ0v) is 16.8. The van der Waals surface area contributed by atoms with Crippen LogP contribution in [-0.2, 0) is 9.59 Å². The summed E-state index contributed by atoms with van der Waals surface area (Å²) in [6.45, 7) is 6.10. The number of hydrogen-bond acceptors (Lipinski definition) is 6. The summed E-state index contributed by atoms with van der Waals surface area (Å²) in [6.07, 6.45) is 2.50. The van der Waals surface area contributed by atoms with E-state index in [1.165, 1.54) is 0 Å². The molecule has 1 amide bonds. The molecule has 1 saturated heterocycles. The number of nitrogens with one attached hydrogen (secondary N) is 2. The van der Waals surface area contributed by atoms with Crippen LogP contribution in [0.5, 0.6) is 0 Å². The molecule has 138 valence electrons. The number of primary amides is 1. The molecule has 0 saturated carbocycles. The zero-order chi connectivity index (χ0) is 18.5. The molecule has 8 heteroatoms. The van der Waals surface area contributed by atoms with Crippen LogP contribution < -0.4 is 16.4 Å². The van der Waals surface area contributed by atoms with Gasteiger partial charge in [0.1, 0.15) is 6.29 Å². The quantitative estimate of drug-likeness (QED) is 0.405. The van der Waals surface area contributed by atoms with E-state index in [4.69, 9.17) is 18.0 Å². The molecule has 1 rings (SSSR count). The smallest absolute Gasteiger partial charge is 0.235 e. The van der Waals surface area contributed by atoms with E-state index < -0.39 is 0 Å². The lowest BCUT2D eigenvalue weighted by Crippen LogP contribution is -2.46. The Morgan fingerprint density at radius 3 is 2.62 bits per heavy atom. The largest absolute Gasteiger partial charge is 0.369 e. The maximum absolute atomic E-state index is 11.7. The molecule has 0 aromatic carbocycles. The number of carbonyl (C=O) groups excluding carboxylic acids is 2. The van der Waals surface area contributed by atoms with Gasteiger partial charge in [-0.2, -0.15) is 0 Å². The molecule has 0 spiro atoms. The lowest BCUT2D eigenvalue weighted by Gasteiger charge is -2.28. The summed E-state index contributed by atoms with van der Waals surface area (Å²) in [7, 11) is 3.78. The topological polar surface area (TPSA) is 87.5 Å². The van der Waals surface area contributed by atoms with Crippen LogP contribution in [-0.4, -0.2) is 65.4 Å². The molecular weight excluding hydrogens is 344 g/mol. The van der Waals surface area contributed by atoms with E-state index in [9.17, 15) is 9.59 Å². The van der Waals surface area contributed by atoms with Crippen molar-refractivity contribution in [3.05, 3.63) is 0 Å². The number of rotatable bonds is 9. The molecule has 0 aromatic rings. The Morgan fingerprint density at radius 2 is 2.17 bits per heavy atom. The average Bonchev–Trinajstić information content (AvgIpc) is 2.73. The Bertz CT molecular complexity index is 473. The molecule has 24 heavy (non-hydrogen) atoms. The van der Waals surface area contributed by atoms with Gasteiger partial charge in [0.2, 0.25) is 5.91 Å². The number of hydrogen-bond donors (Lipinski definition) is 3. The molecule has 0 bridgehead atoms. The van der Waals surface area contributed by atoms with E-state index in [0.29, 0.717) is 11.4 Å². The highest BCUT2D eigenvalue weighted by molar-refractivity contribution is 7.99. The first kappa shape index (κ1) is 21.3. The Morgan fingerprint density at radius 1 is 1.54 bits per heavy atom. The summed E-state index contributed by atoms with van der Waals surface area (Å²) in [5.41, 5.74) is 5.42. The lowest BCUT2D eigenvalue weighted by atomic mass is 9.84. The summed E-state index contributed by atoms with van der Waals surface area (Å²) in [6, 6.07) is -0.500. The molecule has 1 fully saturated rings. The van der Waals surface area contributed by atoms with Gasteiger partial charge in [-0.25, -0.2) is 0 Å². The first-order valence-electron chi connectivity index (χ1n) is 8.19. The van der Waals surface area contributed by atoms with Crippen molar-refractivity contribution < 1.29 is 9.59 Å². The van der Waals surface area contributed by atoms with Gasteiger partial charge in [0.15, 0.2) is 0 Å². The second-order valence-electron chi connectivity index (χ2n) is 7.04. The van der Waals surface area contributed by atoms with Gasteiger partial charge in [-0.3, -0.25) is 9.69 Å². The molecular formula is C16H30N4O2S2. The van der Waals surface area contributed by atoms with E-state index in [1.807, 2.05) is 21.0 Å². The molecule has 6 nitrogen and oxygen atoms in total. The highest BCUT2D eigenvalue weighted by Crippen LogP contribution is 2.43. The Kier molecular flexibility index (Phi) is 8.11. The summed E-state index contributed by atoms with van der Waals surface area (Å²) in [5, 5.41) is 6.38. The Labute approximate surface area is 154 Å². The molecule has 4 N–H and O–H groups in total. The van der Waals surface area contributed by atoms with Crippen molar-refractivity contribution in [3.63, 3.8) is 0 Å². The van der Waals surface area contributed by atoms with Crippen molar-refractivity contribution in [2.45, 2.75) is 57.1 Å². The fourth-order valence-corrected chi connectivity index (χ4v) is 4.97. The van der Waals surface area contributed by atoms with Gasteiger partial charge in [0.25, 0.3) is 0 Å². The van der Waals surface area contributed by atoms with E-state index in [2.05, 4.69) is 29.4 Å². The Balaban J connectivity index is 2.50. The van der Waals surface area contributed by atoms with Crippen molar-refractivity contribution >= 4 is 41.2 Å². The normalized spacial score (nSPS) is 25.9. The van der Waals surface area contributed by atoms with Crippen LogP contribution in [0.4, 0.5) is 0 Å². The third kappa shape index (κ3) is 5.40. The number of amides is 1. The number of nitrogens with zero attached hydrogens (tertiary/aromatic N) is 1. The van der Waals surface area contributed by atoms with Crippen molar-refractivity contribution in [2.24, 2.45) is 11.1 Å². The molecule has 0 radical (unpaired) electrons. The molecule has 1 unspecified atom stereocenters. The molecule has 1 heterocycles. The SMILES string of the molecule is CN[C@@H](C)C(=S)N[C@H](C=O)CCSC1CC(C)(C)[C@@H](C(N)=O)N1C. The van der Waals surface area contributed by atoms with E-state index in [1.54, 1.807) is 11.8 Å². The van der Waals surface area contributed by atoms with Gasteiger partial charge >= 0.3 is 0 Å². The van der Waals surface area contributed by atoms with Gasteiger partial charge < -0.3 is 21.2 Å². The van der Waals surface area contributed by atoms with E-state index >= 15 is 0 Å². The highest BCUT2D eigenvalue weighted by atomic mass is 32.2. The summed E-state index contributed by atoms with van der Waals surface area (Å²) < 4.78 is 0. The van der Waals surface area contributed by atoms with Crippen molar-refractivity contribution in [1.82, 2.24) is 15.5 Å². The number of likely N-dealkylation sites (N-methyl/N-ethyl adjacent to an activating group) is 2. The second kappa shape index (κ2) is 9.12. The van der Waals surface area contributed by atoms with Crippen LogP contribution >= 0.6 is 24.0 Å². The van der Waals surface area contributed by atoms with Gasteiger partial charge in [0.05, 0.1) is 28.5 Å². The molecule has 0 aromatic heterocycles. The number of thiocarbonyl (C=S) groups is 1. The fraction of sp³-hybridized carbons (Fsp3) is 0.812. The number of carbonyl (C=O) groups is 2. The van der Waals surface area contributed by atoms with Crippen molar-refractivity contribution in [3.8, 4) is 0 Å². The summed E-state index contributed by atoms with van der Waals surface area (Å²) in [5.74, 6) is 0.535. The number of thioether (sulfide) groups is 1. The molecule has 4 atom stereocenters. The Hall–Kier alpha value is -0.700. The molecule has 1 aliphatic heterocycles. The van der Waals surface area contributed by atoms with Crippen molar-refractivity contribution in [1.29, 1.82) is 0 Å². The minimum atomic E-state index is -0.285. The number of nitrogens with two attached hydrogens (primary N) is 1. The lowest BCUT2D eigenvalue weighted by molar-refractivity contribution is -0.124. The van der Waals surface area contributed by atoms with E-state index in [0.717, 1.165) is 18.5 Å². The standard InChI is InChI=1S/C16H30N4O2S2/c1-10(18-4)15(23)19-11(9-21)6-7-24-12-8-16(2,3)13(14(17)22)20(12)5/h9-13,18H,6-8H2,1-5H3,(H2,17,22)(H,19,23)/t10-,11-,12?,13+/m0/s1. The van der Waals surface area contributed by atoms with Gasteiger partial charge in [0, 0.05) is 0 Å². The van der Waals surface area contributed by atoms with Crippen LogP contribution in [0.3, 0.4) is 0 Å². The second-order valence-corrected chi connectivity index (χ2v) is 8.76. The number of likely N-dealkylation sites (tertiary alicyclic amines) is 1. The zero-order valence-electron chi connectivity index (χ0n) is 15.2. The van der Waals surface area contributed by atoms with Crippen LogP contribution in [0.1, 0.15) is 33.6 Å². The van der Waals surface area contributed by atoms with Crippen LogP contribution in [0.2, 0.25) is 0 Å². The van der Waals surface area contributed by atoms with Crippen LogP contribution in [0.25, 0.3) is 0 Å². The maximum Gasteiger partial charge on any atom is 0.235 e. The first-order chi connectivity index (χ1) is 11.1. The minimum absolute atomic E-state index is 0.0354. The van der Waals surface area contributed by atoms with Crippen LogP contribution in [0.15, 0.2) is 0 Å². The van der Waals surface area contributed by atoms with E-state index in [-0.39, 0.29) is 34.8 Å².